The van der Waals surface area contributed by atoms with E-state index in [0.29, 0.717) is 22.9 Å². The standard InChI is InChI=1S/C29H32FN5S/c1-35(2)28-23-10-4-6-12-25(23)33-29(34-28)32-22-17-15-21(16-18-22)31-19-20-9-3-7-13-26(20)36-27-14-8-5-11-24(27)30/h3-14,21-22,31H,15-19H2,1-2H3,(H,32,33,34)/t21-,22+. The molecule has 36 heavy (non-hydrogen) atoms. The van der Waals surface area contributed by atoms with Crippen molar-refractivity contribution in [2.24, 2.45) is 0 Å². The predicted octanol–water partition coefficient (Wildman–Crippen LogP) is 6.50. The molecule has 4 aromatic rings. The Morgan fingerprint density at radius 2 is 1.50 bits per heavy atom. The Hall–Kier alpha value is -3.16. The van der Waals surface area contributed by atoms with Crippen LogP contribution in [0.5, 0.6) is 0 Å². The molecule has 3 aromatic carbocycles. The number of nitrogens with zero attached hydrogens (tertiary/aromatic N) is 3. The second-order valence-corrected chi connectivity index (χ2v) is 10.6. The largest absolute Gasteiger partial charge is 0.362 e. The number of fused-ring (bicyclic) bond motifs is 1. The zero-order valence-electron chi connectivity index (χ0n) is 20.7. The number of halogens is 1. The highest BCUT2D eigenvalue weighted by atomic mass is 32.2. The number of rotatable bonds is 8. The van der Waals surface area contributed by atoms with Crippen LogP contribution in [0.2, 0.25) is 0 Å². The third-order valence-electron chi connectivity index (χ3n) is 6.68. The summed E-state index contributed by atoms with van der Waals surface area (Å²) in [5.41, 5.74) is 2.16. The van der Waals surface area contributed by atoms with Crippen LogP contribution in [0.15, 0.2) is 82.6 Å². The van der Waals surface area contributed by atoms with E-state index in [9.17, 15) is 4.39 Å². The molecule has 1 saturated carbocycles. The molecular weight excluding hydrogens is 469 g/mol. The van der Waals surface area contributed by atoms with E-state index in [0.717, 1.165) is 53.8 Å². The molecule has 1 fully saturated rings. The van der Waals surface area contributed by atoms with E-state index in [-0.39, 0.29) is 5.82 Å². The zero-order valence-corrected chi connectivity index (χ0v) is 21.6. The fourth-order valence-electron chi connectivity index (χ4n) is 4.74. The average Bonchev–Trinajstić information content (AvgIpc) is 2.90. The van der Waals surface area contributed by atoms with Gasteiger partial charge in [-0.1, -0.05) is 54.2 Å². The Kier molecular flexibility index (Phi) is 7.68. The molecule has 5 nitrogen and oxygen atoms in total. The SMILES string of the molecule is CN(C)c1nc(N[C@H]2CC[C@@H](NCc3ccccc3Sc3ccccc3F)CC2)nc2ccccc12. The monoisotopic (exact) mass is 501 g/mol. The topological polar surface area (TPSA) is 53.1 Å². The normalized spacial score (nSPS) is 17.8. The Bertz CT molecular complexity index is 1320. The number of nitrogens with one attached hydrogen (secondary N) is 2. The van der Waals surface area contributed by atoms with Crippen LogP contribution in [-0.4, -0.2) is 36.1 Å². The van der Waals surface area contributed by atoms with Gasteiger partial charge < -0.3 is 15.5 Å². The van der Waals surface area contributed by atoms with Crippen molar-refractivity contribution in [3.63, 3.8) is 0 Å². The summed E-state index contributed by atoms with van der Waals surface area (Å²) in [6.45, 7) is 0.778. The quantitative estimate of drug-likeness (QED) is 0.287. The molecule has 0 radical (unpaired) electrons. The van der Waals surface area contributed by atoms with Crippen molar-refractivity contribution in [2.45, 2.75) is 54.1 Å². The second-order valence-electron chi connectivity index (χ2n) is 9.50. The van der Waals surface area contributed by atoms with E-state index in [1.165, 1.54) is 23.4 Å². The van der Waals surface area contributed by atoms with Gasteiger partial charge in [0.25, 0.3) is 0 Å². The van der Waals surface area contributed by atoms with Crippen molar-refractivity contribution in [3.8, 4) is 0 Å². The number of aromatic nitrogens is 2. The first-order chi connectivity index (χ1) is 17.6. The Morgan fingerprint density at radius 1 is 0.833 bits per heavy atom. The van der Waals surface area contributed by atoms with Gasteiger partial charge in [-0.05, 0) is 61.6 Å². The van der Waals surface area contributed by atoms with E-state index >= 15 is 0 Å². The maximum Gasteiger partial charge on any atom is 0.225 e. The van der Waals surface area contributed by atoms with Gasteiger partial charge in [-0.25, -0.2) is 9.37 Å². The number of anilines is 2. The Labute approximate surface area is 216 Å². The minimum absolute atomic E-state index is 0.177. The molecule has 1 aliphatic rings. The molecule has 0 saturated heterocycles. The maximum absolute atomic E-state index is 14.2. The van der Waals surface area contributed by atoms with Crippen molar-refractivity contribution in [1.29, 1.82) is 0 Å². The molecule has 5 rings (SSSR count). The van der Waals surface area contributed by atoms with E-state index in [1.807, 2.05) is 55.4 Å². The van der Waals surface area contributed by atoms with Crippen LogP contribution in [0.3, 0.4) is 0 Å². The van der Waals surface area contributed by atoms with Gasteiger partial charge in [-0.15, -0.1) is 0 Å². The van der Waals surface area contributed by atoms with Gasteiger partial charge in [0.15, 0.2) is 0 Å². The summed E-state index contributed by atoms with van der Waals surface area (Å²) in [7, 11) is 4.03. The molecule has 0 amide bonds. The number of hydrogen-bond acceptors (Lipinski definition) is 6. The average molecular weight is 502 g/mol. The van der Waals surface area contributed by atoms with Gasteiger partial charge in [0.05, 0.1) is 5.52 Å². The lowest BCUT2D eigenvalue weighted by molar-refractivity contribution is 0.351. The maximum atomic E-state index is 14.2. The lowest BCUT2D eigenvalue weighted by Gasteiger charge is -2.30. The molecule has 1 aromatic heterocycles. The number of para-hydroxylation sites is 1. The van der Waals surface area contributed by atoms with Crippen LogP contribution in [0, 0.1) is 5.82 Å². The van der Waals surface area contributed by atoms with Crippen molar-refractivity contribution in [1.82, 2.24) is 15.3 Å². The lowest BCUT2D eigenvalue weighted by atomic mass is 9.91. The first-order valence-electron chi connectivity index (χ1n) is 12.5. The second kappa shape index (κ2) is 11.3. The minimum atomic E-state index is -0.177. The zero-order chi connectivity index (χ0) is 24.9. The van der Waals surface area contributed by atoms with Crippen LogP contribution < -0.4 is 15.5 Å². The first kappa shape index (κ1) is 24.5. The molecule has 7 heteroatoms. The highest BCUT2D eigenvalue weighted by Gasteiger charge is 2.22. The van der Waals surface area contributed by atoms with Crippen LogP contribution in [0.1, 0.15) is 31.2 Å². The van der Waals surface area contributed by atoms with Crippen LogP contribution >= 0.6 is 11.8 Å². The van der Waals surface area contributed by atoms with Crippen LogP contribution in [0.25, 0.3) is 10.9 Å². The van der Waals surface area contributed by atoms with Crippen LogP contribution in [0.4, 0.5) is 16.2 Å². The molecule has 0 aliphatic heterocycles. The number of benzene rings is 3. The minimum Gasteiger partial charge on any atom is -0.362 e. The van der Waals surface area contributed by atoms with E-state index in [4.69, 9.17) is 9.97 Å². The summed E-state index contributed by atoms with van der Waals surface area (Å²) in [4.78, 5) is 13.4. The third kappa shape index (κ3) is 5.79. The third-order valence-corrected chi connectivity index (χ3v) is 7.85. The smallest absolute Gasteiger partial charge is 0.225 e. The van der Waals surface area contributed by atoms with E-state index in [1.54, 1.807) is 6.07 Å². The summed E-state index contributed by atoms with van der Waals surface area (Å²) >= 11 is 1.49. The molecule has 1 heterocycles. The van der Waals surface area contributed by atoms with Gasteiger partial charge in [0, 0.05) is 47.9 Å². The van der Waals surface area contributed by atoms with Crippen molar-refractivity contribution in [2.75, 3.05) is 24.3 Å². The highest BCUT2D eigenvalue weighted by Crippen LogP contribution is 2.32. The summed E-state index contributed by atoms with van der Waals surface area (Å²) < 4.78 is 14.2. The lowest BCUT2D eigenvalue weighted by Crippen LogP contribution is -2.37. The van der Waals surface area contributed by atoms with Crippen molar-refractivity contribution >= 4 is 34.4 Å². The number of hydrogen-bond donors (Lipinski definition) is 2. The fraction of sp³-hybridized carbons (Fsp3) is 0.310. The van der Waals surface area contributed by atoms with E-state index in [2.05, 4.69) is 34.9 Å². The Balaban J connectivity index is 1.17. The van der Waals surface area contributed by atoms with Gasteiger partial charge in [-0.2, -0.15) is 4.98 Å². The van der Waals surface area contributed by atoms with Gasteiger partial charge in [0.2, 0.25) is 5.95 Å². The molecule has 0 spiro atoms. The van der Waals surface area contributed by atoms with Gasteiger partial charge >= 0.3 is 0 Å². The summed E-state index contributed by atoms with van der Waals surface area (Å²) in [6, 6.07) is 24.2. The molecule has 0 atom stereocenters. The predicted molar refractivity (Wildman–Crippen MR) is 147 cm³/mol. The van der Waals surface area contributed by atoms with Crippen molar-refractivity contribution < 1.29 is 4.39 Å². The summed E-state index contributed by atoms with van der Waals surface area (Å²) in [5, 5.41) is 8.39. The Morgan fingerprint density at radius 3 is 2.28 bits per heavy atom. The van der Waals surface area contributed by atoms with Crippen molar-refractivity contribution in [3.05, 3.63) is 84.2 Å². The summed E-state index contributed by atoms with van der Waals surface area (Å²) in [5.74, 6) is 1.46. The fourth-order valence-corrected chi connectivity index (χ4v) is 5.71. The first-order valence-corrected chi connectivity index (χ1v) is 13.3. The van der Waals surface area contributed by atoms with Gasteiger partial charge in [-0.3, -0.25) is 0 Å². The molecule has 1 aliphatic carbocycles. The van der Waals surface area contributed by atoms with E-state index < -0.39 is 0 Å². The molecule has 186 valence electrons. The van der Waals surface area contributed by atoms with Gasteiger partial charge in [0.1, 0.15) is 11.6 Å². The van der Waals surface area contributed by atoms with Crippen LogP contribution in [-0.2, 0) is 6.54 Å². The molecule has 0 unspecified atom stereocenters. The molecular formula is C29H32FN5S. The molecule has 2 N–H and O–H groups in total. The highest BCUT2D eigenvalue weighted by molar-refractivity contribution is 7.99. The summed E-state index contributed by atoms with van der Waals surface area (Å²) in [6.07, 6.45) is 4.32. The molecule has 0 bridgehead atoms.